The lowest BCUT2D eigenvalue weighted by molar-refractivity contribution is 1.30. The number of benzene rings is 1. The SMILES string of the molecule is Cc1ccc(N/N=C/c2cccnc2)cc1.Cl. The van der Waals surface area contributed by atoms with Crippen LogP contribution in [0.4, 0.5) is 5.69 Å². The Balaban J connectivity index is 0.00000144. The topological polar surface area (TPSA) is 37.3 Å². The minimum Gasteiger partial charge on any atom is -0.279 e. The summed E-state index contributed by atoms with van der Waals surface area (Å²) in [5.41, 5.74) is 6.15. The van der Waals surface area contributed by atoms with Gasteiger partial charge in [0.05, 0.1) is 11.9 Å². The van der Waals surface area contributed by atoms with E-state index in [0.717, 1.165) is 11.3 Å². The summed E-state index contributed by atoms with van der Waals surface area (Å²) >= 11 is 0. The van der Waals surface area contributed by atoms with Crippen molar-refractivity contribution in [1.29, 1.82) is 0 Å². The van der Waals surface area contributed by atoms with E-state index in [-0.39, 0.29) is 12.4 Å². The number of nitrogens with one attached hydrogen (secondary N) is 1. The van der Waals surface area contributed by atoms with Crippen molar-refractivity contribution in [1.82, 2.24) is 4.98 Å². The number of anilines is 1. The standard InChI is InChI=1S/C13H13N3.ClH/c1-11-4-6-13(7-5-11)16-15-10-12-3-2-8-14-9-12;/h2-10,16H,1H3;1H/b15-10+;. The van der Waals surface area contributed by atoms with E-state index in [2.05, 4.69) is 22.4 Å². The van der Waals surface area contributed by atoms with Crippen LogP contribution in [0.3, 0.4) is 0 Å². The molecular formula is C13H14ClN3. The minimum atomic E-state index is 0. The summed E-state index contributed by atoms with van der Waals surface area (Å²) in [6.07, 6.45) is 5.25. The van der Waals surface area contributed by atoms with Crippen molar-refractivity contribution in [2.24, 2.45) is 5.10 Å². The number of halogens is 1. The molecule has 0 bridgehead atoms. The molecule has 0 saturated carbocycles. The summed E-state index contributed by atoms with van der Waals surface area (Å²) in [5.74, 6) is 0. The first-order chi connectivity index (χ1) is 7.84. The van der Waals surface area contributed by atoms with Crippen LogP contribution in [-0.2, 0) is 0 Å². The van der Waals surface area contributed by atoms with Gasteiger partial charge in [0.25, 0.3) is 0 Å². The number of hydrazone groups is 1. The van der Waals surface area contributed by atoms with E-state index in [1.54, 1.807) is 18.6 Å². The highest BCUT2D eigenvalue weighted by atomic mass is 35.5. The quantitative estimate of drug-likeness (QED) is 0.668. The molecule has 88 valence electrons. The van der Waals surface area contributed by atoms with Crippen LogP contribution >= 0.6 is 12.4 Å². The highest BCUT2D eigenvalue weighted by molar-refractivity contribution is 5.85. The molecule has 0 aliphatic heterocycles. The number of aryl methyl sites for hydroxylation is 1. The Kier molecular flexibility index (Phi) is 5.17. The molecule has 3 nitrogen and oxygen atoms in total. The summed E-state index contributed by atoms with van der Waals surface area (Å²) in [6.45, 7) is 2.06. The predicted molar refractivity (Wildman–Crippen MR) is 73.9 cm³/mol. The van der Waals surface area contributed by atoms with Crippen molar-refractivity contribution in [2.45, 2.75) is 6.92 Å². The number of pyridine rings is 1. The molecular weight excluding hydrogens is 234 g/mol. The molecule has 1 heterocycles. The van der Waals surface area contributed by atoms with Gasteiger partial charge in [0, 0.05) is 18.0 Å². The van der Waals surface area contributed by atoms with Gasteiger partial charge in [-0.15, -0.1) is 12.4 Å². The van der Waals surface area contributed by atoms with Gasteiger partial charge in [0.1, 0.15) is 0 Å². The van der Waals surface area contributed by atoms with Crippen LogP contribution in [0.2, 0.25) is 0 Å². The Morgan fingerprint density at radius 2 is 1.94 bits per heavy atom. The second kappa shape index (κ2) is 6.66. The summed E-state index contributed by atoms with van der Waals surface area (Å²) in [5, 5.41) is 4.13. The Morgan fingerprint density at radius 3 is 2.59 bits per heavy atom. The molecule has 4 heteroatoms. The Morgan fingerprint density at radius 1 is 1.18 bits per heavy atom. The first-order valence-corrected chi connectivity index (χ1v) is 5.10. The molecule has 0 fully saturated rings. The lowest BCUT2D eigenvalue weighted by atomic mass is 10.2. The van der Waals surface area contributed by atoms with Crippen LogP contribution in [-0.4, -0.2) is 11.2 Å². The average molecular weight is 248 g/mol. The minimum absolute atomic E-state index is 0. The molecule has 1 aromatic carbocycles. The van der Waals surface area contributed by atoms with Crippen molar-refractivity contribution >= 4 is 24.3 Å². The van der Waals surface area contributed by atoms with Crippen molar-refractivity contribution in [2.75, 3.05) is 5.43 Å². The number of hydrogen-bond acceptors (Lipinski definition) is 3. The van der Waals surface area contributed by atoms with Gasteiger partial charge in [-0.1, -0.05) is 23.8 Å². The highest BCUT2D eigenvalue weighted by Crippen LogP contribution is 2.08. The smallest absolute Gasteiger partial charge is 0.0561 e. The summed E-state index contributed by atoms with van der Waals surface area (Å²) in [6, 6.07) is 11.9. The summed E-state index contributed by atoms with van der Waals surface area (Å²) < 4.78 is 0. The van der Waals surface area contributed by atoms with E-state index in [4.69, 9.17) is 0 Å². The summed E-state index contributed by atoms with van der Waals surface area (Å²) in [4.78, 5) is 4.00. The van der Waals surface area contributed by atoms with Crippen LogP contribution < -0.4 is 5.43 Å². The van der Waals surface area contributed by atoms with Gasteiger partial charge in [0.2, 0.25) is 0 Å². The lowest BCUT2D eigenvalue weighted by Crippen LogP contribution is -1.90. The van der Waals surface area contributed by atoms with Gasteiger partial charge in [-0.05, 0) is 25.1 Å². The normalized spacial score (nSPS) is 9.94. The van der Waals surface area contributed by atoms with Gasteiger partial charge >= 0.3 is 0 Å². The number of hydrogen-bond donors (Lipinski definition) is 1. The van der Waals surface area contributed by atoms with Crippen molar-refractivity contribution < 1.29 is 0 Å². The Labute approximate surface area is 107 Å². The molecule has 0 aliphatic carbocycles. The van der Waals surface area contributed by atoms with E-state index in [1.807, 2.05) is 36.4 Å². The van der Waals surface area contributed by atoms with E-state index >= 15 is 0 Å². The second-order valence-corrected chi connectivity index (χ2v) is 3.52. The average Bonchev–Trinajstić information content (AvgIpc) is 2.33. The largest absolute Gasteiger partial charge is 0.279 e. The fourth-order valence-electron chi connectivity index (χ4n) is 1.26. The third-order valence-corrected chi connectivity index (χ3v) is 2.14. The van der Waals surface area contributed by atoms with Crippen LogP contribution in [0.5, 0.6) is 0 Å². The molecule has 0 spiro atoms. The van der Waals surface area contributed by atoms with Crippen LogP contribution in [0.25, 0.3) is 0 Å². The highest BCUT2D eigenvalue weighted by Gasteiger charge is 1.88. The van der Waals surface area contributed by atoms with Crippen LogP contribution in [0.1, 0.15) is 11.1 Å². The summed E-state index contributed by atoms with van der Waals surface area (Å²) in [7, 11) is 0. The Hall–Kier alpha value is -1.87. The first-order valence-electron chi connectivity index (χ1n) is 5.10. The molecule has 0 amide bonds. The molecule has 2 aromatic rings. The maximum atomic E-state index is 4.13. The van der Waals surface area contributed by atoms with Crippen LogP contribution in [0.15, 0.2) is 53.9 Å². The van der Waals surface area contributed by atoms with Gasteiger partial charge in [-0.25, -0.2) is 0 Å². The maximum Gasteiger partial charge on any atom is 0.0561 e. The molecule has 1 aromatic heterocycles. The number of rotatable bonds is 3. The van der Waals surface area contributed by atoms with Gasteiger partial charge < -0.3 is 0 Å². The fraction of sp³-hybridized carbons (Fsp3) is 0.0769. The van der Waals surface area contributed by atoms with E-state index in [0.29, 0.717) is 0 Å². The van der Waals surface area contributed by atoms with E-state index < -0.39 is 0 Å². The monoisotopic (exact) mass is 247 g/mol. The zero-order chi connectivity index (χ0) is 11.2. The second-order valence-electron chi connectivity index (χ2n) is 3.52. The van der Waals surface area contributed by atoms with Gasteiger partial charge in [-0.2, -0.15) is 5.10 Å². The van der Waals surface area contributed by atoms with Gasteiger partial charge in [-0.3, -0.25) is 10.4 Å². The third-order valence-electron chi connectivity index (χ3n) is 2.14. The molecule has 0 unspecified atom stereocenters. The van der Waals surface area contributed by atoms with Crippen molar-refractivity contribution in [3.8, 4) is 0 Å². The maximum absolute atomic E-state index is 4.13. The van der Waals surface area contributed by atoms with E-state index in [9.17, 15) is 0 Å². The number of aromatic nitrogens is 1. The fourth-order valence-corrected chi connectivity index (χ4v) is 1.26. The van der Waals surface area contributed by atoms with Crippen LogP contribution in [0, 0.1) is 6.92 Å². The molecule has 17 heavy (non-hydrogen) atoms. The predicted octanol–water partition coefficient (Wildman–Crippen LogP) is 3.26. The third kappa shape index (κ3) is 4.25. The van der Waals surface area contributed by atoms with Gasteiger partial charge in [0.15, 0.2) is 0 Å². The molecule has 0 atom stereocenters. The van der Waals surface area contributed by atoms with Crippen molar-refractivity contribution in [3.63, 3.8) is 0 Å². The number of nitrogens with zero attached hydrogens (tertiary/aromatic N) is 2. The molecule has 0 saturated heterocycles. The first kappa shape index (κ1) is 13.2. The molecule has 0 radical (unpaired) electrons. The molecule has 1 N–H and O–H groups in total. The lowest BCUT2D eigenvalue weighted by Gasteiger charge is -1.99. The Bertz CT molecular complexity index is 466. The zero-order valence-electron chi connectivity index (χ0n) is 9.50. The molecule has 2 rings (SSSR count). The molecule has 0 aliphatic rings. The van der Waals surface area contributed by atoms with Crippen molar-refractivity contribution in [3.05, 3.63) is 59.9 Å². The van der Waals surface area contributed by atoms with E-state index in [1.165, 1.54) is 5.56 Å². The zero-order valence-corrected chi connectivity index (χ0v) is 10.3.